The molecule has 2 aromatic heterocycles. The molecule has 7 heteroatoms. The zero-order valence-electron chi connectivity index (χ0n) is 15.5. The third-order valence-corrected chi connectivity index (χ3v) is 6.20. The largest absolute Gasteiger partial charge is 0.495 e. The molecule has 4 aromatic rings. The molecule has 28 heavy (non-hydrogen) atoms. The number of thiophene rings is 1. The zero-order chi connectivity index (χ0) is 19.8. The van der Waals surface area contributed by atoms with Gasteiger partial charge in [0.25, 0.3) is 0 Å². The predicted octanol–water partition coefficient (Wildman–Crippen LogP) is 7.03. The van der Waals surface area contributed by atoms with Gasteiger partial charge in [0.05, 0.1) is 18.2 Å². The van der Waals surface area contributed by atoms with E-state index in [1.807, 2.05) is 37.3 Å². The first-order chi connectivity index (χ1) is 13.5. The van der Waals surface area contributed by atoms with Crippen molar-refractivity contribution in [1.29, 1.82) is 0 Å². The average molecular weight is 430 g/mol. The van der Waals surface area contributed by atoms with E-state index in [1.165, 1.54) is 4.88 Å². The number of rotatable bonds is 4. The number of nitrogens with zero attached hydrogens (tertiary/aromatic N) is 2. The molecule has 2 aromatic carbocycles. The number of methoxy groups -OCH3 is 1. The Kier molecular flexibility index (Phi) is 5.15. The van der Waals surface area contributed by atoms with Crippen LogP contribution in [0.25, 0.3) is 21.3 Å². The molecule has 0 fully saturated rings. The summed E-state index contributed by atoms with van der Waals surface area (Å²) in [6.45, 7) is 4.05. The molecule has 1 N–H and O–H groups in total. The maximum absolute atomic E-state index is 6.24. The zero-order valence-corrected chi connectivity index (χ0v) is 17.8. The van der Waals surface area contributed by atoms with Crippen molar-refractivity contribution in [3.05, 3.63) is 63.2 Å². The van der Waals surface area contributed by atoms with E-state index in [0.29, 0.717) is 15.8 Å². The number of anilines is 2. The lowest BCUT2D eigenvalue weighted by molar-refractivity contribution is 0.416. The van der Waals surface area contributed by atoms with Gasteiger partial charge in [-0.25, -0.2) is 9.97 Å². The molecule has 4 rings (SSSR count). The van der Waals surface area contributed by atoms with Crippen molar-refractivity contribution in [1.82, 2.24) is 9.97 Å². The van der Waals surface area contributed by atoms with E-state index in [2.05, 4.69) is 22.2 Å². The Morgan fingerprint density at radius 1 is 1.04 bits per heavy atom. The fourth-order valence-electron chi connectivity index (χ4n) is 3.16. The van der Waals surface area contributed by atoms with Crippen LogP contribution >= 0.6 is 34.5 Å². The van der Waals surface area contributed by atoms with Crippen molar-refractivity contribution in [3.63, 3.8) is 0 Å². The second-order valence-electron chi connectivity index (χ2n) is 6.37. The van der Waals surface area contributed by atoms with Gasteiger partial charge in [0.15, 0.2) is 0 Å². The van der Waals surface area contributed by atoms with Crippen LogP contribution in [0.15, 0.2) is 42.7 Å². The minimum absolute atomic E-state index is 0.655. The van der Waals surface area contributed by atoms with Crippen molar-refractivity contribution in [2.45, 2.75) is 13.8 Å². The van der Waals surface area contributed by atoms with Gasteiger partial charge >= 0.3 is 0 Å². The van der Waals surface area contributed by atoms with Crippen LogP contribution < -0.4 is 10.1 Å². The Labute approximate surface area is 177 Å². The Morgan fingerprint density at radius 3 is 2.50 bits per heavy atom. The minimum Gasteiger partial charge on any atom is -0.495 e. The lowest BCUT2D eigenvalue weighted by Crippen LogP contribution is -1.99. The first kappa shape index (κ1) is 19.0. The standard InChI is InChI=1S/C21H17Cl2N3OS/c1-11-8-16(17(27-3)9-15(11)23)26-20-19-18(13-4-6-14(22)7-5-13)12(2)28-21(19)25-10-24-20/h4-10H,1-3H3,(H,24,25,26). The van der Waals surface area contributed by atoms with E-state index in [4.69, 9.17) is 27.9 Å². The van der Waals surface area contributed by atoms with Gasteiger partial charge in [0.2, 0.25) is 0 Å². The number of hydrogen-bond acceptors (Lipinski definition) is 5. The number of fused-ring (bicyclic) bond motifs is 1. The molecule has 0 saturated carbocycles. The van der Waals surface area contributed by atoms with Gasteiger partial charge in [0.1, 0.15) is 22.7 Å². The molecule has 4 nitrogen and oxygen atoms in total. The SMILES string of the molecule is COc1cc(Cl)c(C)cc1Nc1ncnc2sc(C)c(-c3ccc(Cl)cc3)c12. The number of nitrogens with one attached hydrogen (secondary N) is 1. The van der Waals surface area contributed by atoms with Crippen molar-refractivity contribution < 1.29 is 4.74 Å². The van der Waals surface area contributed by atoms with Crippen LogP contribution in [0.1, 0.15) is 10.4 Å². The van der Waals surface area contributed by atoms with Crippen LogP contribution in [0.4, 0.5) is 11.5 Å². The molecule has 0 aliphatic heterocycles. The highest BCUT2D eigenvalue weighted by atomic mass is 35.5. The molecule has 0 radical (unpaired) electrons. The van der Waals surface area contributed by atoms with E-state index >= 15 is 0 Å². The van der Waals surface area contributed by atoms with Crippen LogP contribution in [0.2, 0.25) is 10.0 Å². The van der Waals surface area contributed by atoms with E-state index in [9.17, 15) is 0 Å². The van der Waals surface area contributed by atoms with Crippen LogP contribution in [0, 0.1) is 13.8 Å². The molecule has 0 saturated heterocycles. The topological polar surface area (TPSA) is 47.0 Å². The minimum atomic E-state index is 0.655. The number of aromatic nitrogens is 2. The average Bonchev–Trinajstić information content (AvgIpc) is 3.02. The molecular weight excluding hydrogens is 413 g/mol. The number of benzene rings is 2. The summed E-state index contributed by atoms with van der Waals surface area (Å²) in [6.07, 6.45) is 1.57. The maximum atomic E-state index is 6.24. The third-order valence-electron chi connectivity index (χ3n) is 4.53. The molecule has 0 spiro atoms. The second kappa shape index (κ2) is 7.59. The fourth-order valence-corrected chi connectivity index (χ4v) is 4.45. The number of ether oxygens (including phenoxy) is 1. The van der Waals surface area contributed by atoms with Crippen molar-refractivity contribution in [2.75, 3.05) is 12.4 Å². The van der Waals surface area contributed by atoms with Crippen molar-refractivity contribution in [3.8, 4) is 16.9 Å². The van der Waals surface area contributed by atoms with Crippen LogP contribution in [-0.4, -0.2) is 17.1 Å². The van der Waals surface area contributed by atoms with E-state index in [1.54, 1.807) is 30.8 Å². The van der Waals surface area contributed by atoms with Crippen LogP contribution in [-0.2, 0) is 0 Å². The molecule has 0 unspecified atom stereocenters. The highest BCUT2D eigenvalue weighted by molar-refractivity contribution is 7.19. The van der Waals surface area contributed by atoms with E-state index < -0.39 is 0 Å². The molecule has 0 atom stereocenters. The van der Waals surface area contributed by atoms with Crippen LogP contribution in [0.5, 0.6) is 5.75 Å². The summed E-state index contributed by atoms with van der Waals surface area (Å²) in [4.78, 5) is 11.1. The Bertz CT molecular complexity index is 1170. The summed E-state index contributed by atoms with van der Waals surface area (Å²) < 4.78 is 5.50. The summed E-state index contributed by atoms with van der Waals surface area (Å²) in [5.41, 5.74) is 3.93. The number of aryl methyl sites for hydroxylation is 2. The molecule has 0 aliphatic carbocycles. The van der Waals surface area contributed by atoms with Gasteiger partial charge in [-0.1, -0.05) is 35.3 Å². The van der Waals surface area contributed by atoms with E-state index in [0.717, 1.165) is 38.4 Å². The molecular formula is C21H17Cl2N3OS. The molecule has 0 amide bonds. The quantitative estimate of drug-likeness (QED) is 0.377. The van der Waals surface area contributed by atoms with Gasteiger partial charge in [0, 0.05) is 26.6 Å². The van der Waals surface area contributed by atoms with Gasteiger partial charge in [-0.3, -0.25) is 0 Å². The maximum Gasteiger partial charge on any atom is 0.143 e. The first-order valence-electron chi connectivity index (χ1n) is 8.59. The molecule has 0 aliphatic rings. The highest BCUT2D eigenvalue weighted by Crippen LogP contribution is 2.42. The summed E-state index contributed by atoms with van der Waals surface area (Å²) in [6, 6.07) is 11.6. The summed E-state index contributed by atoms with van der Waals surface area (Å²) in [5, 5.41) is 5.75. The number of hydrogen-bond donors (Lipinski definition) is 1. The summed E-state index contributed by atoms with van der Waals surface area (Å²) >= 11 is 14.0. The molecule has 142 valence electrons. The van der Waals surface area contributed by atoms with Gasteiger partial charge in [-0.05, 0) is 43.2 Å². The lowest BCUT2D eigenvalue weighted by atomic mass is 10.0. The predicted molar refractivity (Wildman–Crippen MR) is 119 cm³/mol. The molecule has 2 heterocycles. The Hall–Kier alpha value is -2.34. The summed E-state index contributed by atoms with van der Waals surface area (Å²) in [5.74, 6) is 1.38. The second-order valence-corrected chi connectivity index (χ2v) is 8.42. The van der Waals surface area contributed by atoms with Crippen LogP contribution in [0.3, 0.4) is 0 Å². The summed E-state index contributed by atoms with van der Waals surface area (Å²) in [7, 11) is 1.62. The Balaban J connectivity index is 1.89. The fraction of sp³-hybridized carbons (Fsp3) is 0.143. The molecule has 0 bridgehead atoms. The van der Waals surface area contributed by atoms with E-state index in [-0.39, 0.29) is 0 Å². The lowest BCUT2D eigenvalue weighted by Gasteiger charge is -2.14. The third kappa shape index (κ3) is 3.41. The monoisotopic (exact) mass is 429 g/mol. The Morgan fingerprint density at radius 2 is 1.79 bits per heavy atom. The van der Waals surface area contributed by atoms with Gasteiger partial charge in [-0.15, -0.1) is 11.3 Å². The van der Waals surface area contributed by atoms with Crippen molar-refractivity contribution in [2.24, 2.45) is 0 Å². The van der Waals surface area contributed by atoms with Gasteiger partial charge in [-0.2, -0.15) is 0 Å². The van der Waals surface area contributed by atoms with Gasteiger partial charge < -0.3 is 10.1 Å². The van der Waals surface area contributed by atoms with Crippen molar-refractivity contribution >= 4 is 56.3 Å². The normalized spacial score (nSPS) is 11.0. The number of halogens is 2. The first-order valence-corrected chi connectivity index (χ1v) is 10.2. The smallest absolute Gasteiger partial charge is 0.143 e. The highest BCUT2D eigenvalue weighted by Gasteiger charge is 2.18.